The van der Waals surface area contributed by atoms with Crippen LogP contribution in [-0.2, 0) is 0 Å². The lowest BCUT2D eigenvalue weighted by Crippen LogP contribution is -2.08. The molecule has 1 nitrogen and oxygen atoms in total. The highest BCUT2D eigenvalue weighted by atomic mass is 19.4. The molecule has 0 aliphatic heterocycles. The lowest BCUT2D eigenvalue weighted by molar-refractivity contribution is -0.0537. The Hall–Kier alpha value is -0.540. The molecule has 0 aromatic rings. The van der Waals surface area contributed by atoms with Gasteiger partial charge in [0, 0.05) is 6.54 Å². The number of hydrogen-bond donors (Lipinski definition) is 0. The number of halogens is 3. The van der Waals surface area contributed by atoms with Gasteiger partial charge in [0.15, 0.2) is 0 Å². The molecule has 0 saturated carbocycles. The number of rotatable bonds is 4. The Morgan fingerprint density at radius 1 is 1.27 bits per heavy atom. The highest BCUT2D eigenvalue weighted by Gasteiger charge is 2.22. The lowest BCUT2D eigenvalue weighted by atomic mass is 10.2. The van der Waals surface area contributed by atoms with Crippen LogP contribution >= 0.6 is 0 Å². The third-order valence-corrected chi connectivity index (χ3v) is 1.13. The van der Waals surface area contributed by atoms with Gasteiger partial charge in [0.05, 0.1) is 0 Å². The van der Waals surface area contributed by atoms with E-state index >= 15 is 0 Å². The van der Waals surface area contributed by atoms with E-state index in [1.54, 1.807) is 0 Å². The maximum atomic E-state index is 11.4. The van der Waals surface area contributed by atoms with Gasteiger partial charge in [-0.3, -0.25) is 4.99 Å². The highest BCUT2D eigenvalue weighted by Crippen LogP contribution is 2.10. The first-order chi connectivity index (χ1) is 5.06. The van der Waals surface area contributed by atoms with Crippen LogP contribution in [0.1, 0.15) is 26.2 Å². The van der Waals surface area contributed by atoms with Crippen molar-refractivity contribution in [1.29, 1.82) is 0 Å². The van der Waals surface area contributed by atoms with E-state index in [-0.39, 0.29) is 12.8 Å². The average molecular weight is 167 g/mol. The maximum absolute atomic E-state index is 11.4. The quantitative estimate of drug-likeness (QED) is 0.451. The summed E-state index contributed by atoms with van der Waals surface area (Å²) in [5, 5.41) is 0. The summed E-state index contributed by atoms with van der Waals surface area (Å²) in [5.41, 5.74) is 0. The monoisotopic (exact) mass is 167 g/mol. The van der Waals surface area contributed by atoms with Crippen LogP contribution in [0.5, 0.6) is 0 Å². The van der Waals surface area contributed by atoms with E-state index in [1.807, 2.05) is 6.92 Å². The molecule has 0 heterocycles. The zero-order valence-corrected chi connectivity index (χ0v) is 6.49. The van der Waals surface area contributed by atoms with E-state index in [0.29, 0.717) is 0 Å². The average Bonchev–Trinajstić information content (AvgIpc) is 1.85. The minimum Gasteiger partial charge on any atom is -0.288 e. The van der Waals surface area contributed by atoms with Crippen molar-refractivity contribution in [3.8, 4) is 0 Å². The number of nitrogens with zero attached hydrogens (tertiary/aromatic N) is 1. The number of aliphatic imine (C=N–C) groups is 1. The molecule has 4 heteroatoms. The van der Waals surface area contributed by atoms with Crippen LogP contribution in [0.2, 0.25) is 0 Å². The summed E-state index contributed by atoms with van der Waals surface area (Å²) in [6.07, 6.45) is -1.51. The van der Waals surface area contributed by atoms with Crippen molar-refractivity contribution in [3.05, 3.63) is 0 Å². The fraction of sp³-hybridized carbons (Fsp3) is 0.857. The molecule has 11 heavy (non-hydrogen) atoms. The molecule has 0 aromatic carbocycles. The SMILES string of the molecule is CCCCCN=CC(F)(F)F. The first-order valence-electron chi connectivity index (χ1n) is 3.64. The Balaban J connectivity index is 3.30. The van der Waals surface area contributed by atoms with Gasteiger partial charge < -0.3 is 0 Å². The summed E-state index contributed by atoms with van der Waals surface area (Å²) in [7, 11) is 0. The molecule has 0 rings (SSSR count). The smallest absolute Gasteiger partial charge is 0.288 e. The van der Waals surface area contributed by atoms with Gasteiger partial charge in [-0.1, -0.05) is 19.8 Å². The molecule has 0 aliphatic carbocycles. The molecule has 66 valence electrons. The van der Waals surface area contributed by atoms with Crippen LogP contribution in [0.15, 0.2) is 4.99 Å². The molecule has 0 unspecified atom stereocenters. The highest BCUT2D eigenvalue weighted by molar-refractivity contribution is 5.63. The standard InChI is InChI=1S/C7H12F3N/c1-2-3-4-5-11-6-7(8,9)10/h6H,2-5H2,1H3. The summed E-state index contributed by atoms with van der Waals surface area (Å²) in [6, 6.07) is 0. The van der Waals surface area contributed by atoms with E-state index in [4.69, 9.17) is 0 Å². The fourth-order valence-electron chi connectivity index (χ4n) is 0.621. The van der Waals surface area contributed by atoms with Crippen LogP contribution in [-0.4, -0.2) is 18.9 Å². The Bertz CT molecular complexity index is 117. The van der Waals surface area contributed by atoms with Gasteiger partial charge >= 0.3 is 6.18 Å². The van der Waals surface area contributed by atoms with Crippen LogP contribution in [0.25, 0.3) is 0 Å². The summed E-state index contributed by atoms with van der Waals surface area (Å²) in [4.78, 5) is 3.23. The topological polar surface area (TPSA) is 12.4 Å². The van der Waals surface area contributed by atoms with Crippen LogP contribution in [0.4, 0.5) is 13.2 Å². The summed E-state index contributed by atoms with van der Waals surface area (Å²) in [5.74, 6) is 0. The summed E-state index contributed by atoms with van der Waals surface area (Å²) in [6.45, 7) is 2.28. The van der Waals surface area contributed by atoms with Crippen molar-refractivity contribution >= 4 is 6.21 Å². The molecular weight excluding hydrogens is 155 g/mol. The molecule has 0 saturated heterocycles. The normalized spacial score (nSPS) is 12.7. The Morgan fingerprint density at radius 3 is 2.36 bits per heavy atom. The molecule has 0 aromatic heterocycles. The minimum atomic E-state index is -4.24. The Labute approximate surface area is 64.3 Å². The minimum absolute atomic E-state index is 0.0582. The van der Waals surface area contributed by atoms with Crippen LogP contribution in [0.3, 0.4) is 0 Å². The molecule has 0 radical (unpaired) electrons. The third kappa shape index (κ3) is 9.46. The maximum Gasteiger partial charge on any atom is 0.426 e. The van der Waals surface area contributed by atoms with Crippen molar-refractivity contribution in [2.75, 3.05) is 6.54 Å². The molecule has 0 spiro atoms. The first-order valence-corrected chi connectivity index (χ1v) is 3.64. The summed E-state index contributed by atoms with van der Waals surface area (Å²) >= 11 is 0. The number of unbranched alkanes of at least 4 members (excludes halogenated alkanes) is 2. The van der Waals surface area contributed by atoms with E-state index in [0.717, 1.165) is 19.3 Å². The third-order valence-electron chi connectivity index (χ3n) is 1.13. The van der Waals surface area contributed by atoms with E-state index in [2.05, 4.69) is 4.99 Å². The second-order valence-corrected chi connectivity index (χ2v) is 2.28. The van der Waals surface area contributed by atoms with Gasteiger partial charge in [-0.2, -0.15) is 13.2 Å². The van der Waals surface area contributed by atoms with Crippen LogP contribution < -0.4 is 0 Å². The van der Waals surface area contributed by atoms with E-state index < -0.39 is 6.18 Å². The molecule has 0 fully saturated rings. The fourth-order valence-corrected chi connectivity index (χ4v) is 0.621. The molecular formula is C7H12F3N. The molecule has 0 atom stereocenters. The van der Waals surface area contributed by atoms with Gasteiger partial charge in [0.1, 0.15) is 6.21 Å². The van der Waals surface area contributed by atoms with E-state index in [1.165, 1.54) is 0 Å². The second kappa shape index (κ2) is 5.16. The van der Waals surface area contributed by atoms with Crippen molar-refractivity contribution in [2.24, 2.45) is 4.99 Å². The molecule has 0 amide bonds. The summed E-state index contributed by atoms with van der Waals surface area (Å²) < 4.78 is 34.2. The van der Waals surface area contributed by atoms with Crippen molar-refractivity contribution in [1.82, 2.24) is 0 Å². The van der Waals surface area contributed by atoms with Gasteiger partial charge in [-0.25, -0.2) is 0 Å². The predicted molar refractivity (Wildman–Crippen MR) is 38.9 cm³/mol. The Morgan fingerprint density at radius 2 is 1.91 bits per heavy atom. The van der Waals surface area contributed by atoms with Crippen molar-refractivity contribution in [3.63, 3.8) is 0 Å². The van der Waals surface area contributed by atoms with Crippen molar-refractivity contribution < 1.29 is 13.2 Å². The lowest BCUT2D eigenvalue weighted by Gasteiger charge is -1.96. The first kappa shape index (κ1) is 10.5. The van der Waals surface area contributed by atoms with Gasteiger partial charge in [0.25, 0.3) is 0 Å². The Kier molecular flexibility index (Phi) is 4.90. The second-order valence-electron chi connectivity index (χ2n) is 2.28. The molecule has 0 bridgehead atoms. The molecule has 0 N–H and O–H groups in total. The number of hydrogen-bond acceptors (Lipinski definition) is 1. The van der Waals surface area contributed by atoms with E-state index in [9.17, 15) is 13.2 Å². The van der Waals surface area contributed by atoms with Crippen molar-refractivity contribution in [2.45, 2.75) is 32.4 Å². The van der Waals surface area contributed by atoms with Crippen LogP contribution in [0, 0.1) is 0 Å². The van der Waals surface area contributed by atoms with Gasteiger partial charge in [0.2, 0.25) is 0 Å². The number of alkyl halides is 3. The largest absolute Gasteiger partial charge is 0.426 e. The van der Waals surface area contributed by atoms with Gasteiger partial charge in [-0.05, 0) is 6.42 Å². The van der Waals surface area contributed by atoms with Gasteiger partial charge in [-0.15, -0.1) is 0 Å². The predicted octanol–water partition coefficient (Wildman–Crippen LogP) is 2.81. The zero-order chi connectivity index (χ0) is 8.74. The zero-order valence-electron chi connectivity index (χ0n) is 6.49. The molecule has 0 aliphatic rings.